The summed E-state index contributed by atoms with van der Waals surface area (Å²) in [5.74, 6) is 0.0830. The van der Waals surface area contributed by atoms with Crippen LogP contribution in [0, 0.1) is 17.2 Å². The first-order chi connectivity index (χ1) is 13.0. The number of hydrogen-bond donors (Lipinski definition) is 1. The van der Waals surface area contributed by atoms with E-state index in [1.165, 1.54) is 22.3 Å². The molecule has 0 saturated heterocycles. The van der Waals surface area contributed by atoms with Gasteiger partial charge in [0.2, 0.25) is 5.91 Å². The van der Waals surface area contributed by atoms with Gasteiger partial charge in [-0.25, -0.2) is 0 Å². The summed E-state index contributed by atoms with van der Waals surface area (Å²) in [5.41, 5.74) is 6.15. The fraction of sp³-hybridized carbons (Fsp3) is 0.417. The number of amides is 1. The molecule has 0 radical (unpaired) electrons. The van der Waals surface area contributed by atoms with Gasteiger partial charge in [0.15, 0.2) is 0 Å². The third kappa shape index (κ3) is 5.20. The summed E-state index contributed by atoms with van der Waals surface area (Å²) in [6, 6.07) is 16.9. The van der Waals surface area contributed by atoms with Crippen molar-refractivity contribution in [2.24, 2.45) is 5.92 Å². The van der Waals surface area contributed by atoms with Crippen molar-refractivity contribution in [2.75, 3.05) is 6.54 Å². The average Bonchev–Trinajstić information content (AvgIpc) is 2.69. The van der Waals surface area contributed by atoms with E-state index >= 15 is 0 Å². The average molecular weight is 363 g/mol. The minimum atomic E-state index is -0.239. The standard InChI is InChI=1S/C24H30N2O/c1-5-18-9-7-10-19(6-2)23(18)21-12-8-11-20(16-21)22(15-17(3)4)24(27)26-14-13-25/h7-12,16-17,22H,5-6,14-15H2,1-4H3,(H,26,27). The van der Waals surface area contributed by atoms with Crippen LogP contribution < -0.4 is 5.32 Å². The molecule has 0 heterocycles. The van der Waals surface area contributed by atoms with Crippen molar-refractivity contribution >= 4 is 5.91 Å². The lowest BCUT2D eigenvalue weighted by atomic mass is 9.86. The van der Waals surface area contributed by atoms with Crippen LogP contribution in [-0.2, 0) is 17.6 Å². The predicted molar refractivity (Wildman–Crippen MR) is 111 cm³/mol. The Morgan fingerprint density at radius 2 is 1.70 bits per heavy atom. The highest BCUT2D eigenvalue weighted by atomic mass is 16.1. The van der Waals surface area contributed by atoms with Crippen molar-refractivity contribution < 1.29 is 4.79 Å². The number of nitrogens with one attached hydrogen (secondary N) is 1. The van der Waals surface area contributed by atoms with E-state index < -0.39 is 0 Å². The Bertz CT molecular complexity index is 795. The maximum Gasteiger partial charge on any atom is 0.228 e. The Labute approximate surface area is 163 Å². The van der Waals surface area contributed by atoms with E-state index in [1.54, 1.807) is 0 Å². The van der Waals surface area contributed by atoms with E-state index in [2.05, 4.69) is 63.3 Å². The van der Waals surface area contributed by atoms with Crippen LogP contribution in [-0.4, -0.2) is 12.5 Å². The molecular formula is C24H30N2O. The van der Waals surface area contributed by atoms with Gasteiger partial charge in [-0.15, -0.1) is 0 Å². The highest BCUT2D eigenvalue weighted by Crippen LogP contribution is 2.32. The molecule has 3 heteroatoms. The monoisotopic (exact) mass is 362 g/mol. The number of hydrogen-bond acceptors (Lipinski definition) is 2. The van der Waals surface area contributed by atoms with Crippen LogP contribution in [0.2, 0.25) is 0 Å². The van der Waals surface area contributed by atoms with Gasteiger partial charge >= 0.3 is 0 Å². The first-order valence-corrected chi connectivity index (χ1v) is 9.87. The van der Waals surface area contributed by atoms with Crippen LogP contribution >= 0.6 is 0 Å². The normalized spacial score (nSPS) is 11.9. The van der Waals surface area contributed by atoms with Crippen LogP contribution in [0.5, 0.6) is 0 Å². The number of benzene rings is 2. The van der Waals surface area contributed by atoms with Crippen molar-refractivity contribution in [1.29, 1.82) is 5.26 Å². The topological polar surface area (TPSA) is 52.9 Å². The maximum absolute atomic E-state index is 12.7. The number of nitrogens with zero attached hydrogens (tertiary/aromatic N) is 1. The molecular weight excluding hydrogens is 332 g/mol. The molecule has 1 N–H and O–H groups in total. The molecule has 0 saturated carbocycles. The van der Waals surface area contributed by atoms with E-state index in [4.69, 9.17) is 5.26 Å². The smallest absolute Gasteiger partial charge is 0.228 e. The molecule has 3 nitrogen and oxygen atoms in total. The van der Waals surface area contributed by atoms with Crippen LogP contribution in [0.15, 0.2) is 42.5 Å². The third-order valence-electron chi connectivity index (χ3n) is 4.94. The fourth-order valence-electron chi connectivity index (χ4n) is 3.64. The highest BCUT2D eigenvalue weighted by molar-refractivity contribution is 5.84. The summed E-state index contributed by atoms with van der Waals surface area (Å²) in [6.07, 6.45) is 2.72. The number of rotatable bonds is 8. The second-order valence-corrected chi connectivity index (χ2v) is 7.34. The van der Waals surface area contributed by atoms with E-state index in [9.17, 15) is 4.79 Å². The Morgan fingerprint density at radius 1 is 1.07 bits per heavy atom. The molecule has 1 atom stereocenters. The van der Waals surface area contributed by atoms with Crippen molar-refractivity contribution in [3.05, 3.63) is 59.2 Å². The highest BCUT2D eigenvalue weighted by Gasteiger charge is 2.22. The largest absolute Gasteiger partial charge is 0.342 e. The van der Waals surface area contributed by atoms with Crippen molar-refractivity contribution in [3.63, 3.8) is 0 Å². The quantitative estimate of drug-likeness (QED) is 0.652. The van der Waals surface area contributed by atoms with Crippen LogP contribution in [0.4, 0.5) is 0 Å². The molecule has 0 aliphatic carbocycles. The molecule has 0 bridgehead atoms. The van der Waals surface area contributed by atoms with Crippen molar-refractivity contribution in [1.82, 2.24) is 5.32 Å². The van der Waals surface area contributed by atoms with Gasteiger partial charge in [0, 0.05) is 0 Å². The Morgan fingerprint density at radius 3 is 2.26 bits per heavy atom. The van der Waals surface area contributed by atoms with Gasteiger partial charge in [-0.3, -0.25) is 4.79 Å². The van der Waals surface area contributed by atoms with Gasteiger partial charge in [-0.05, 0) is 53.0 Å². The fourth-order valence-corrected chi connectivity index (χ4v) is 3.64. The Kier molecular flexibility index (Phi) is 7.61. The molecule has 0 aliphatic heterocycles. The molecule has 1 unspecified atom stereocenters. The maximum atomic E-state index is 12.7. The molecule has 2 aromatic carbocycles. The zero-order valence-electron chi connectivity index (χ0n) is 16.9. The number of aryl methyl sites for hydroxylation is 2. The van der Waals surface area contributed by atoms with Gasteiger partial charge in [-0.1, -0.05) is 70.2 Å². The van der Waals surface area contributed by atoms with Gasteiger partial charge in [0.25, 0.3) is 0 Å². The second-order valence-electron chi connectivity index (χ2n) is 7.34. The second kappa shape index (κ2) is 9.92. The summed E-state index contributed by atoms with van der Waals surface area (Å²) >= 11 is 0. The summed E-state index contributed by atoms with van der Waals surface area (Å²) < 4.78 is 0. The lowest BCUT2D eigenvalue weighted by Gasteiger charge is -2.20. The van der Waals surface area contributed by atoms with Crippen molar-refractivity contribution in [2.45, 2.75) is 52.9 Å². The van der Waals surface area contributed by atoms with Crippen molar-refractivity contribution in [3.8, 4) is 17.2 Å². The first kappa shape index (κ1) is 20.7. The molecule has 2 rings (SSSR count). The third-order valence-corrected chi connectivity index (χ3v) is 4.94. The minimum Gasteiger partial charge on any atom is -0.342 e. The molecule has 2 aromatic rings. The van der Waals surface area contributed by atoms with Crippen LogP contribution in [0.25, 0.3) is 11.1 Å². The van der Waals surface area contributed by atoms with Gasteiger partial charge in [-0.2, -0.15) is 5.26 Å². The SMILES string of the molecule is CCc1cccc(CC)c1-c1cccc(C(CC(C)C)C(=O)NCC#N)c1. The minimum absolute atomic E-state index is 0.0474. The summed E-state index contributed by atoms with van der Waals surface area (Å²) in [5, 5.41) is 11.5. The van der Waals surface area contributed by atoms with Gasteiger partial charge in [0.1, 0.15) is 6.54 Å². The van der Waals surface area contributed by atoms with Crippen LogP contribution in [0.1, 0.15) is 56.7 Å². The lowest BCUT2D eigenvalue weighted by Crippen LogP contribution is -2.30. The molecule has 0 fully saturated rings. The van der Waals surface area contributed by atoms with E-state index in [-0.39, 0.29) is 18.4 Å². The summed E-state index contributed by atoms with van der Waals surface area (Å²) in [6.45, 7) is 8.65. The molecule has 27 heavy (non-hydrogen) atoms. The zero-order valence-corrected chi connectivity index (χ0v) is 16.9. The molecule has 0 aliphatic rings. The zero-order chi connectivity index (χ0) is 19.8. The lowest BCUT2D eigenvalue weighted by molar-refractivity contribution is -0.122. The number of carbonyl (C=O) groups excluding carboxylic acids is 1. The van der Waals surface area contributed by atoms with Gasteiger partial charge < -0.3 is 5.32 Å². The number of carbonyl (C=O) groups is 1. The van der Waals surface area contributed by atoms with Gasteiger partial charge in [0.05, 0.1) is 12.0 Å². The molecule has 1 amide bonds. The molecule has 142 valence electrons. The molecule has 0 spiro atoms. The van der Waals surface area contributed by atoms with E-state index in [0.29, 0.717) is 5.92 Å². The van der Waals surface area contributed by atoms with E-state index in [0.717, 1.165) is 24.8 Å². The molecule has 0 aromatic heterocycles. The number of nitriles is 1. The first-order valence-electron chi connectivity index (χ1n) is 9.87. The van der Waals surface area contributed by atoms with E-state index in [1.807, 2.05) is 18.2 Å². The van der Waals surface area contributed by atoms with Crippen LogP contribution in [0.3, 0.4) is 0 Å². The predicted octanol–water partition coefficient (Wildman–Crippen LogP) is 5.25. The summed E-state index contributed by atoms with van der Waals surface area (Å²) in [7, 11) is 0. The Balaban J connectivity index is 2.49. The summed E-state index contributed by atoms with van der Waals surface area (Å²) in [4.78, 5) is 12.7. The Hall–Kier alpha value is -2.60.